The highest BCUT2D eigenvalue weighted by Crippen LogP contribution is 2.26. The summed E-state index contributed by atoms with van der Waals surface area (Å²) in [6.45, 7) is 4.09. The topological polar surface area (TPSA) is 53.4 Å². The number of nitrogens with zero attached hydrogens (tertiary/aromatic N) is 1. The second-order valence-electron chi connectivity index (χ2n) is 4.65. The molecule has 0 bridgehead atoms. The quantitative estimate of drug-likeness (QED) is 0.787. The molecule has 102 valence electrons. The number of pyridine rings is 1. The number of aromatic nitrogens is 1. The van der Waals surface area contributed by atoms with Gasteiger partial charge in [0, 0.05) is 0 Å². The third-order valence-electron chi connectivity index (χ3n) is 3.31. The molecule has 3 unspecified atom stereocenters. The van der Waals surface area contributed by atoms with E-state index in [-0.39, 0.29) is 5.92 Å². The largest absolute Gasteiger partial charge is 0.390 e. The van der Waals surface area contributed by atoms with E-state index >= 15 is 0 Å². The van der Waals surface area contributed by atoms with Crippen LogP contribution in [0.4, 0.5) is 4.39 Å². The normalized spacial score (nSPS) is 16.3. The summed E-state index contributed by atoms with van der Waals surface area (Å²) in [5, 5.41) is 20.2. The molecule has 0 fully saturated rings. The molecule has 0 aliphatic heterocycles. The maximum Gasteiger partial charge on any atom is 0.141 e. The van der Waals surface area contributed by atoms with E-state index in [1.807, 2.05) is 6.92 Å². The fourth-order valence-electron chi connectivity index (χ4n) is 2.08. The first-order valence-corrected chi connectivity index (χ1v) is 6.57. The molecule has 0 saturated carbocycles. The van der Waals surface area contributed by atoms with Crippen molar-refractivity contribution in [1.82, 2.24) is 4.98 Å². The van der Waals surface area contributed by atoms with Gasteiger partial charge >= 0.3 is 0 Å². The second kappa shape index (κ2) is 7.44. The molecule has 1 heterocycles. The number of hydrogen-bond acceptors (Lipinski definition) is 3. The summed E-state index contributed by atoms with van der Waals surface area (Å²) >= 11 is 0. The van der Waals surface area contributed by atoms with Gasteiger partial charge in [0.2, 0.25) is 0 Å². The van der Waals surface area contributed by atoms with Crippen molar-refractivity contribution in [2.75, 3.05) is 0 Å². The Morgan fingerprint density at radius 3 is 2.50 bits per heavy atom. The van der Waals surface area contributed by atoms with Gasteiger partial charge in [-0.1, -0.05) is 33.1 Å². The molecule has 0 radical (unpaired) electrons. The van der Waals surface area contributed by atoms with E-state index in [1.54, 1.807) is 0 Å². The lowest BCUT2D eigenvalue weighted by Crippen LogP contribution is -2.28. The highest BCUT2D eigenvalue weighted by atomic mass is 19.1. The SMILES string of the molecule is CCCCC(CC)C(O)C(O)c1ccc(F)cn1. The fourth-order valence-corrected chi connectivity index (χ4v) is 2.08. The molecule has 4 heteroatoms. The van der Waals surface area contributed by atoms with Crippen molar-refractivity contribution in [2.45, 2.75) is 51.7 Å². The molecule has 0 aromatic carbocycles. The first-order chi connectivity index (χ1) is 8.60. The maximum absolute atomic E-state index is 12.7. The van der Waals surface area contributed by atoms with Gasteiger partial charge in [-0.15, -0.1) is 0 Å². The van der Waals surface area contributed by atoms with Gasteiger partial charge in [0.25, 0.3) is 0 Å². The van der Waals surface area contributed by atoms with E-state index in [9.17, 15) is 14.6 Å². The van der Waals surface area contributed by atoms with Crippen LogP contribution >= 0.6 is 0 Å². The third-order valence-corrected chi connectivity index (χ3v) is 3.31. The second-order valence-corrected chi connectivity index (χ2v) is 4.65. The van der Waals surface area contributed by atoms with Crippen molar-refractivity contribution in [3.8, 4) is 0 Å². The van der Waals surface area contributed by atoms with E-state index in [2.05, 4.69) is 11.9 Å². The Bertz CT molecular complexity index is 342. The van der Waals surface area contributed by atoms with E-state index < -0.39 is 18.0 Å². The molecule has 1 rings (SSSR count). The molecule has 0 amide bonds. The zero-order valence-electron chi connectivity index (χ0n) is 11.0. The molecular weight excluding hydrogens is 233 g/mol. The molecule has 3 atom stereocenters. The Balaban J connectivity index is 2.68. The summed E-state index contributed by atoms with van der Waals surface area (Å²) in [5.41, 5.74) is 0.318. The maximum atomic E-state index is 12.7. The standard InChI is InChI=1S/C14H22FNO2/c1-3-5-6-10(4-2)13(17)14(18)12-8-7-11(15)9-16-12/h7-10,13-14,17-18H,3-6H2,1-2H3. The van der Waals surface area contributed by atoms with Crippen LogP contribution in [0.3, 0.4) is 0 Å². The zero-order chi connectivity index (χ0) is 13.5. The number of aliphatic hydroxyl groups is 2. The van der Waals surface area contributed by atoms with Crippen molar-refractivity contribution >= 4 is 0 Å². The van der Waals surface area contributed by atoms with Crippen LogP contribution in [0.15, 0.2) is 18.3 Å². The van der Waals surface area contributed by atoms with Crippen LogP contribution in [0, 0.1) is 11.7 Å². The van der Waals surface area contributed by atoms with Crippen LogP contribution in [0.25, 0.3) is 0 Å². The lowest BCUT2D eigenvalue weighted by molar-refractivity contribution is -0.0248. The van der Waals surface area contributed by atoms with Crippen LogP contribution in [0.1, 0.15) is 51.3 Å². The molecule has 0 saturated heterocycles. The molecule has 1 aromatic heterocycles. The smallest absolute Gasteiger partial charge is 0.141 e. The zero-order valence-corrected chi connectivity index (χ0v) is 11.0. The summed E-state index contributed by atoms with van der Waals surface area (Å²) in [5.74, 6) is -0.398. The van der Waals surface area contributed by atoms with Crippen LogP contribution in [0.5, 0.6) is 0 Å². The van der Waals surface area contributed by atoms with Crippen molar-refractivity contribution in [1.29, 1.82) is 0 Å². The monoisotopic (exact) mass is 255 g/mol. The van der Waals surface area contributed by atoms with Gasteiger partial charge in [-0.05, 0) is 24.5 Å². The Morgan fingerprint density at radius 1 is 1.28 bits per heavy atom. The lowest BCUT2D eigenvalue weighted by atomic mass is 9.89. The Kier molecular flexibility index (Phi) is 6.22. The number of unbranched alkanes of at least 4 members (excludes halogenated alkanes) is 1. The van der Waals surface area contributed by atoms with Gasteiger partial charge in [-0.2, -0.15) is 0 Å². The minimum atomic E-state index is -1.05. The minimum absolute atomic E-state index is 0.0480. The summed E-state index contributed by atoms with van der Waals surface area (Å²) in [6.07, 6.45) is 2.93. The van der Waals surface area contributed by atoms with Crippen LogP contribution in [-0.4, -0.2) is 21.3 Å². The van der Waals surface area contributed by atoms with Crippen molar-refractivity contribution in [3.05, 3.63) is 29.8 Å². The minimum Gasteiger partial charge on any atom is -0.390 e. The number of aliphatic hydroxyl groups excluding tert-OH is 2. The predicted octanol–water partition coefficient (Wildman–Crippen LogP) is 2.83. The summed E-state index contributed by atoms with van der Waals surface area (Å²) in [7, 11) is 0. The average Bonchev–Trinajstić information content (AvgIpc) is 2.39. The predicted molar refractivity (Wildman–Crippen MR) is 68.5 cm³/mol. The molecule has 3 nitrogen and oxygen atoms in total. The number of rotatable bonds is 7. The van der Waals surface area contributed by atoms with Crippen LogP contribution in [-0.2, 0) is 0 Å². The highest BCUT2D eigenvalue weighted by molar-refractivity contribution is 5.09. The van der Waals surface area contributed by atoms with E-state index in [1.165, 1.54) is 12.1 Å². The number of hydrogen-bond donors (Lipinski definition) is 2. The average molecular weight is 255 g/mol. The molecule has 2 N–H and O–H groups in total. The van der Waals surface area contributed by atoms with Gasteiger partial charge in [-0.25, -0.2) is 4.39 Å². The van der Waals surface area contributed by atoms with Gasteiger partial charge < -0.3 is 10.2 Å². The number of halogens is 1. The lowest BCUT2D eigenvalue weighted by Gasteiger charge is -2.25. The summed E-state index contributed by atoms with van der Waals surface area (Å²) < 4.78 is 12.7. The van der Waals surface area contributed by atoms with Gasteiger partial charge in [0.1, 0.15) is 11.9 Å². The van der Waals surface area contributed by atoms with Crippen LogP contribution in [0.2, 0.25) is 0 Å². The van der Waals surface area contributed by atoms with E-state index in [0.29, 0.717) is 5.69 Å². The molecule has 0 aliphatic rings. The van der Waals surface area contributed by atoms with Gasteiger partial charge in [0.15, 0.2) is 0 Å². The third kappa shape index (κ3) is 4.03. The van der Waals surface area contributed by atoms with Crippen molar-refractivity contribution < 1.29 is 14.6 Å². The molecule has 18 heavy (non-hydrogen) atoms. The highest BCUT2D eigenvalue weighted by Gasteiger charge is 2.26. The summed E-state index contributed by atoms with van der Waals surface area (Å²) in [4.78, 5) is 3.81. The molecule has 0 spiro atoms. The first kappa shape index (κ1) is 15.1. The fraction of sp³-hybridized carbons (Fsp3) is 0.643. The van der Waals surface area contributed by atoms with E-state index in [4.69, 9.17) is 0 Å². The summed E-state index contributed by atoms with van der Waals surface area (Å²) in [6, 6.07) is 2.65. The van der Waals surface area contributed by atoms with E-state index in [0.717, 1.165) is 31.9 Å². The Hall–Kier alpha value is -1.00. The van der Waals surface area contributed by atoms with Crippen LogP contribution < -0.4 is 0 Å². The Labute approximate surface area is 108 Å². The van der Waals surface area contributed by atoms with Crippen molar-refractivity contribution in [2.24, 2.45) is 5.92 Å². The molecule has 0 aliphatic carbocycles. The van der Waals surface area contributed by atoms with Gasteiger partial charge in [0.05, 0.1) is 18.0 Å². The Morgan fingerprint density at radius 2 is 2.00 bits per heavy atom. The molecule has 1 aromatic rings. The first-order valence-electron chi connectivity index (χ1n) is 6.57. The molecular formula is C14H22FNO2. The van der Waals surface area contributed by atoms with Crippen molar-refractivity contribution in [3.63, 3.8) is 0 Å². The van der Waals surface area contributed by atoms with Gasteiger partial charge in [-0.3, -0.25) is 4.98 Å².